The molecule has 0 radical (unpaired) electrons. The van der Waals surface area contributed by atoms with Crippen molar-refractivity contribution in [2.24, 2.45) is 0 Å². The number of hydrogen-bond donors (Lipinski definition) is 0. The minimum absolute atomic E-state index is 0.0794. The fraction of sp³-hybridized carbons (Fsp3) is 0.111. The molecule has 2 aromatic rings. The van der Waals surface area contributed by atoms with Gasteiger partial charge in [-0.25, -0.2) is 13.2 Å². The molecule has 0 aromatic heterocycles. The Bertz CT molecular complexity index is 1050. The van der Waals surface area contributed by atoms with E-state index in [1.807, 2.05) is 6.07 Å². The Labute approximate surface area is 154 Å². The van der Waals surface area contributed by atoms with Gasteiger partial charge in [0.1, 0.15) is 0 Å². The minimum Gasteiger partial charge on any atom is -0.329 e. The molecular weight excluding hydrogens is 372 g/mol. The van der Waals surface area contributed by atoms with Gasteiger partial charge >= 0.3 is 5.97 Å². The van der Waals surface area contributed by atoms with Gasteiger partial charge in [0.25, 0.3) is 11.8 Å². The largest absolute Gasteiger partial charge is 0.348 e. The Morgan fingerprint density at radius 2 is 1.56 bits per heavy atom. The Balaban J connectivity index is 1.66. The summed E-state index contributed by atoms with van der Waals surface area (Å²) in [5.41, 5.74) is 0.926. The van der Waals surface area contributed by atoms with Gasteiger partial charge in [-0.05, 0) is 29.8 Å². The molecule has 0 saturated carbocycles. The normalized spacial score (nSPS) is 13.2. The number of fused-ring (bicyclic) bond motifs is 1. The zero-order valence-corrected chi connectivity index (χ0v) is 14.6. The van der Waals surface area contributed by atoms with Crippen molar-refractivity contribution in [2.75, 3.05) is 5.75 Å². The van der Waals surface area contributed by atoms with Crippen molar-refractivity contribution in [3.63, 3.8) is 0 Å². The van der Waals surface area contributed by atoms with E-state index in [-0.39, 0.29) is 16.2 Å². The summed E-state index contributed by atoms with van der Waals surface area (Å²) in [4.78, 5) is 40.9. The molecule has 27 heavy (non-hydrogen) atoms. The van der Waals surface area contributed by atoms with Gasteiger partial charge in [0.05, 0.1) is 28.5 Å². The van der Waals surface area contributed by atoms with Crippen LogP contribution in [0.1, 0.15) is 31.8 Å². The molecule has 9 heteroatoms. The summed E-state index contributed by atoms with van der Waals surface area (Å²) in [7, 11) is -3.90. The van der Waals surface area contributed by atoms with Crippen molar-refractivity contribution in [3.05, 3.63) is 70.8 Å². The molecule has 2 amide bonds. The maximum atomic E-state index is 12.2. The van der Waals surface area contributed by atoms with Crippen LogP contribution in [0.4, 0.5) is 0 Å². The number of imide groups is 1. The van der Waals surface area contributed by atoms with E-state index in [0.717, 1.165) is 0 Å². The minimum atomic E-state index is -3.90. The van der Waals surface area contributed by atoms with Crippen LogP contribution in [-0.4, -0.2) is 37.0 Å². The number of nitrogens with zero attached hydrogens (tertiary/aromatic N) is 2. The van der Waals surface area contributed by atoms with Gasteiger partial charge in [0.15, 0.2) is 15.6 Å². The van der Waals surface area contributed by atoms with Gasteiger partial charge < -0.3 is 4.84 Å². The quantitative estimate of drug-likeness (QED) is 0.711. The second kappa shape index (κ2) is 7.01. The summed E-state index contributed by atoms with van der Waals surface area (Å²) in [5, 5.41) is 9.00. The number of hydrogen-bond acceptors (Lipinski definition) is 7. The summed E-state index contributed by atoms with van der Waals surface area (Å²) in [6.45, 7) is 0. The Hall–Kier alpha value is -3.51. The Morgan fingerprint density at radius 1 is 1.00 bits per heavy atom. The van der Waals surface area contributed by atoms with Crippen molar-refractivity contribution in [1.82, 2.24) is 5.06 Å². The molecule has 136 valence electrons. The Morgan fingerprint density at radius 3 is 2.07 bits per heavy atom. The molecule has 8 nitrogen and oxygen atoms in total. The van der Waals surface area contributed by atoms with Crippen molar-refractivity contribution in [1.29, 1.82) is 5.26 Å². The van der Waals surface area contributed by atoms with Crippen molar-refractivity contribution < 1.29 is 27.6 Å². The third-order valence-corrected chi connectivity index (χ3v) is 5.21. The summed E-state index contributed by atoms with van der Waals surface area (Å²) >= 11 is 0. The lowest BCUT2D eigenvalue weighted by Gasteiger charge is -2.12. The molecule has 0 saturated heterocycles. The average Bonchev–Trinajstić information content (AvgIpc) is 2.87. The summed E-state index contributed by atoms with van der Waals surface area (Å²) in [5.74, 6) is -4.34. The molecule has 0 aliphatic carbocycles. The first kappa shape index (κ1) is 18.3. The van der Waals surface area contributed by atoms with Gasteiger partial charge in [-0.1, -0.05) is 29.3 Å². The lowest BCUT2D eigenvalue weighted by atomic mass is 10.1. The first-order valence-corrected chi connectivity index (χ1v) is 9.51. The first-order valence-electron chi connectivity index (χ1n) is 7.69. The summed E-state index contributed by atoms with van der Waals surface area (Å²) < 4.78 is 24.3. The third-order valence-electron chi connectivity index (χ3n) is 3.76. The lowest BCUT2D eigenvalue weighted by molar-refractivity contribution is -0.165. The second-order valence-electron chi connectivity index (χ2n) is 5.75. The average molecular weight is 384 g/mol. The van der Waals surface area contributed by atoms with Crippen LogP contribution in [-0.2, 0) is 25.2 Å². The van der Waals surface area contributed by atoms with E-state index in [9.17, 15) is 22.8 Å². The van der Waals surface area contributed by atoms with Crippen LogP contribution in [0, 0.1) is 11.3 Å². The van der Waals surface area contributed by atoms with E-state index in [1.54, 1.807) is 12.1 Å². The number of carbonyl (C=O) groups is 3. The number of carbonyl (C=O) groups excluding carboxylic acids is 3. The number of sulfone groups is 1. The molecule has 0 spiro atoms. The van der Waals surface area contributed by atoms with E-state index in [1.165, 1.54) is 36.4 Å². The highest BCUT2D eigenvalue weighted by atomic mass is 32.2. The lowest BCUT2D eigenvalue weighted by Crippen LogP contribution is -2.35. The van der Waals surface area contributed by atoms with Gasteiger partial charge in [0.2, 0.25) is 0 Å². The van der Waals surface area contributed by atoms with E-state index < -0.39 is 39.1 Å². The first-order chi connectivity index (χ1) is 12.8. The maximum Gasteiger partial charge on any atom is 0.348 e. The molecule has 2 aromatic carbocycles. The highest BCUT2D eigenvalue weighted by molar-refractivity contribution is 7.91. The van der Waals surface area contributed by atoms with Crippen molar-refractivity contribution >= 4 is 27.6 Å². The summed E-state index contributed by atoms with van der Waals surface area (Å²) in [6, 6.07) is 13.7. The van der Waals surface area contributed by atoms with Gasteiger partial charge in [-0.15, -0.1) is 0 Å². The number of benzene rings is 2. The Kier molecular flexibility index (Phi) is 4.75. The van der Waals surface area contributed by atoms with Gasteiger partial charge in [-0.2, -0.15) is 5.26 Å². The van der Waals surface area contributed by atoms with Crippen molar-refractivity contribution in [2.45, 2.75) is 5.75 Å². The number of amides is 2. The SMILES string of the molecule is N#Cc1ccc(CS(=O)(=O)CC(=O)ON2C(=O)c3ccccc3C2=O)cc1. The molecular formula is C18H12N2O6S. The van der Waals surface area contributed by atoms with Crippen LogP contribution in [0.15, 0.2) is 48.5 Å². The van der Waals surface area contributed by atoms with E-state index >= 15 is 0 Å². The standard InChI is InChI=1S/C18H12N2O6S/c19-9-12-5-7-13(8-6-12)10-27(24,25)11-16(21)26-20-17(22)14-3-1-2-4-15(14)18(20)23/h1-8H,10-11H2. The van der Waals surface area contributed by atoms with E-state index in [0.29, 0.717) is 11.1 Å². The predicted molar refractivity (Wildman–Crippen MR) is 91.7 cm³/mol. The molecule has 0 N–H and O–H groups in total. The van der Waals surface area contributed by atoms with Crippen LogP contribution >= 0.6 is 0 Å². The van der Waals surface area contributed by atoms with Gasteiger partial charge in [0, 0.05) is 0 Å². The van der Waals surface area contributed by atoms with Crippen LogP contribution < -0.4 is 0 Å². The second-order valence-corrected chi connectivity index (χ2v) is 7.82. The summed E-state index contributed by atoms with van der Waals surface area (Å²) in [6.07, 6.45) is 0. The molecule has 1 aliphatic rings. The molecule has 1 aliphatic heterocycles. The zero-order chi connectivity index (χ0) is 19.6. The number of rotatable bonds is 5. The van der Waals surface area contributed by atoms with E-state index in [4.69, 9.17) is 10.1 Å². The fourth-order valence-corrected chi connectivity index (χ4v) is 3.75. The van der Waals surface area contributed by atoms with Gasteiger partial charge in [-0.3, -0.25) is 9.59 Å². The molecule has 3 rings (SSSR count). The molecule has 0 bridgehead atoms. The van der Waals surface area contributed by atoms with Crippen molar-refractivity contribution in [3.8, 4) is 6.07 Å². The fourth-order valence-electron chi connectivity index (χ4n) is 2.54. The topological polar surface area (TPSA) is 122 Å². The molecule has 0 fully saturated rings. The van der Waals surface area contributed by atoms with Crippen LogP contribution in [0.25, 0.3) is 0 Å². The monoisotopic (exact) mass is 384 g/mol. The van der Waals surface area contributed by atoms with E-state index in [2.05, 4.69) is 0 Å². The number of hydroxylamine groups is 2. The van der Waals surface area contributed by atoms with Crippen LogP contribution in [0.2, 0.25) is 0 Å². The number of nitriles is 1. The smallest absolute Gasteiger partial charge is 0.329 e. The molecule has 1 heterocycles. The zero-order valence-electron chi connectivity index (χ0n) is 13.8. The predicted octanol–water partition coefficient (Wildman–Crippen LogP) is 1.23. The molecule has 0 unspecified atom stereocenters. The van der Waals surface area contributed by atoms with Crippen LogP contribution in [0.5, 0.6) is 0 Å². The molecule has 0 atom stereocenters. The third kappa shape index (κ3) is 3.86. The maximum absolute atomic E-state index is 12.2. The highest BCUT2D eigenvalue weighted by Gasteiger charge is 2.39. The highest BCUT2D eigenvalue weighted by Crippen LogP contribution is 2.22. The van der Waals surface area contributed by atoms with Crippen LogP contribution in [0.3, 0.4) is 0 Å².